The molecule has 0 aromatic heterocycles. The first kappa shape index (κ1) is 14.6. The van der Waals surface area contributed by atoms with Crippen molar-refractivity contribution in [2.24, 2.45) is 0 Å². The normalized spacial score (nSPS) is 11.2. The number of benzene rings is 1. The lowest BCUT2D eigenvalue weighted by Gasteiger charge is -2.22. The fourth-order valence-electron chi connectivity index (χ4n) is 1.45. The molecule has 5 heteroatoms. The van der Waals surface area contributed by atoms with Gasteiger partial charge >= 0.3 is 12.1 Å². The Kier molecular flexibility index (Phi) is 5.42. The Morgan fingerprint density at radius 2 is 2.05 bits per heavy atom. The van der Waals surface area contributed by atoms with Crippen molar-refractivity contribution in [1.82, 2.24) is 4.90 Å². The van der Waals surface area contributed by atoms with Crippen LogP contribution in [0.4, 0.5) is 4.79 Å². The highest BCUT2D eigenvalue weighted by Gasteiger charge is 2.26. The zero-order valence-electron chi connectivity index (χ0n) is 10.6. The average Bonchev–Trinajstić information content (AvgIpc) is 2.42. The molecule has 1 amide bonds. The molecule has 1 N–H and O–H groups in total. The van der Waals surface area contributed by atoms with Gasteiger partial charge in [0.1, 0.15) is 12.6 Å². The largest absolute Gasteiger partial charge is 0.480 e. The minimum Gasteiger partial charge on any atom is -0.480 e. The van der Waals surface area contributed by atoms with Crippen LogP contribution in [0.5, 0.6) is 0 Å². The topological polar surface area (TPSA) is 66.8 Å². The lowest BCUT2D eigenvalue weighted by molar-refractivity contribution is -0.142. The van der Waals surface area contributed by atoms with Crippen molar-refractivity contribution >= 4 is 12.1 Å². The van der Waals surface area contributed by atoms with Crippen LogP contribution in [-0.4, -0.2) is 35.2 Å². The van der Waals surface area contributed by atoms with E-state index >= 15 is 0 Å². The third-order valence-corrected chi connectivity index (χ3v) is 2.56. The summed E-state index contributed by atoms with van der Waals surface area (Å²) in [7, 11) is 1.35. The molecule has 0 bridgehead atoms. The van der Waals surface area contributed by atoms with Crippen LogP contribution in [-0.2, 0) is 16.1 Å². The van der Waals surface area contributed by atoms with E-state index in [1.165, 1.54) is 7.05 Å². The molecule has 0 saturated carbocycles. The van der Waals surface area contributed by atoms with Gasteiger partial charge in [-0.05, 0) is 5.56 Å². The van der Waals surface area contributed by atoms with E-state index < -0.39 is 18.1 Å². The number of rotatable bonds is 5. The molecule has 0 aliphatic rings. The maximum Gasteiger partial charge on any atom is 0.410 e. The summed E-state index contributed by atoms with van der Waals surface area (Å²) in [5, 5.41) is 8.96. The summed E-state index contributed by atoms with van der Waals surface area (Å²) in [5.41, 5.74) is 0.827. The molecule has 0 heterocycles. The van der Waals surface area contributed by atoms with Crippen LogP contribution in [0.3, 0.4) is 0 Å². The van der Waals surface area contributed by atoms with Crippen LogP contribution in [0.2, 0.25) is 0 Å². The first-order chi connectivity index (χ1) is 9.06. The molecule has 1 atom stereocenters. The quantitative estimate of drug-likeness (QED) is 0.820. The molecule has 1 aromatic rings. The van der Waals surface area contributed by atoms with Gasteiger partial charge in [0.25, 0.3) is 0 Å². The number of hydrogen-bond donors (Lipinski definition) is 1. The van der Waals surface area contributed by atoms with Gasteiger partial charge in [0, 0.05) is 13.5 Å². The van der Waals surface area contributed by atoms with Gasteiger partial charge in [-0.15, -0.1) is 12.3 Å². The van der Waals surface area contributed by atoms with E-state index in [1.807, 2.05) is 30.3 Å². The molecule has 1 aromatic carbocycles. The molecule has 5 nitrogen and oxygen atoms in total. The van der Waals surface area contributed by atoms with Gasteiger partial charge < -0.3 is 9.84 Å². The number of carboxylic acids is 1. The van der Waals surface area contributed by atoms with E-state index in [0.717, 1.165) is 10.5 Å². The van der Waals surface area contributed by atoms with Gasteiger partial charge in [0.15, 0.2) is 0 Å². The molecule has 0 saturated heterocycles. The van der Waals surface area contributed by atoms with E-state index in [9.17, 15) is 9.59 Å². The van der Waals surface area contributed by atoms with Crippen LogP contribution in [0.25, 0.3) is 0 Å². The minimum absolute atomic E-state index is 0.0632. The number of amides is 1. The van der Waals surface area contributed by atoms with Gasteiger partial charge in [-0.25, -0.2) is 9.59 Å². The molecule has 100 valence electrons. The molecule has 0 radical (unpaired) electrons. The van der Waals surface area contributed by atoms with Crippen molar-refractivity contribution in [3.8, 4) is 12.3 Å². The SMILES string of the molecule is C#CCC(C(=O)O)N(C)C(=O)OCc1ccccc1. The molecule has 19 heavy (non-hydrogen) atoms. The fraction of sp³-hybridized carbons (Fsp3) is 0.286. The number of carboxylic acid groups (broad SMARTS) is 1. The molecule has 1 unspecified atom stereocenters. The van der Waals surface area contributed by atoms with E-state index in [-0.39, 0.29) is 13.0 Å². The van der Waals surface area contributed by atoms with E-state index in [0.29, 0.717) is 0 Å². The standard InChI is InChI=1S/C14H15NO4/c1-3-7-12(13(16)17)15(2)14(18)19-10-11-8-5-4-6-9-11/h1,4-6,8-9,12H,7,10H2,2H3,(H,16,17). The summed E-state index contributed by atoms with van der Waals surface area (Å²) in [4.78, 5) is 23.7. The fourth-order valence-corrected chi connectivity index (χ4v) is 1.45. The predicted molar refractivity (Wildman–Crippen MR) is 69.3 cm³/mol. The second-order valence-corrected chi connectivity index (χ2v) is 3.91. The third kappa shape index (κ3) is 4.36. The molecule has 0 spiro atoms. The van der Waals surface area contributed by atoms with Gasteiger partial charge in [-0.3, -0.25) is 4.90 Å². The Morgan fingerprint density at radius 1 is 1.42 bits per heavy atom. The Morgan fingerprint density at radius 3 is 2.58 bits per heavy atom. The number of likely N-dealkylation sites (N-methyl/N-ethyl adjacent to an activating group) is 1. The summed E-state index contributed by atoms with van der Waals surface area (Å²) in [6.07, 6.45) is 4.30. The van der Waals surface area contributed by atoms with Crippen molar-refractivity contribution < 1.29 is 19.4 Å². The highest BCUT2D eigenvalue weighted by atomic mass is 16.6. The highest BCUT2D eigenvalue weighted by molar-refractivity contribution is 5.80. The number of aliphatic carboxylic acids is 1. The molecule has 1 rings (SSSR count). The number of terminal acetylenes is 1. The lowest BCUT2D eigenvalue weighted by atomic mass is 10.2. The second-order valence-electron chi connectivity index (χ2n) is 3.91. The van der Waals surface area contributed by atoms with Crippen molar-refractivity contribution in [2.75, 3.05) is 7.05 Å². The van der Waals surface area contributed by atoms with Crippen molar-refractivity contribution in [3.05, 3.63) is 35.9 Å². The highest BCUT2D eigenvalue weighted by Crippen LogP contribution is 2.07. The van der Waals surface area contributed by atoms with Crippen molar-refractivity contribution in [2.45, 2.75) is 19.1 Å². The maximum absolute atomic E-state index is 11.7. The van der Waals surface area contributed by atoms with Gasteiger partial charge in [0.05, 0.1) is 0 Å². The van der Waals surface area contributed by atoms with E-state index in [2.05, 4.69) is 5.92 Å². The number of ether oxygens (including phenoxy) is 1. The lowest BCUT2D eigenvalue weighted by Crippen LogP contribution is -2.42. The molecular formula is C14H15NO4. The van der Waals surface area contributed by atoms with Gasteiger partial charge in [-0.1, -0.05) is 30.3 Å². The third-order valence-electron chi connectivity index (χ3n) is 2.56. The second kappa shape index (κ2) is 7.07. The van der Waals surface area contributed by atoms with Crippen LogP contribution >= 0.6 is 0 Å². The molecule has 0 fully saturated rings. The summed E-state index contributed by atoms with van der Waals surface area (Å²) >= 11 is 0. The van der Waals surface area contributed by atoms with Gasteiger partial charge in [0.2, 0.25) is 0 Å². The van der Waals surface area contributed by atoms with Crippen LogP contribution in [0.1, 0.15) is 12.0 Å². The Hall–Kier alpha value is -2.48. The summed E-state index contributed by atoms with van der Waals surface area (Å²) in [5.74, 6) is 1.07. The Bertz CT molecular complexity index is 478. The number of carbonyl (C=O) groups excluding carboxylic acids is 1. The zero-order chi connectivity index (χ0) is 14.3. The smallest absolute Gasteiger partial charge is 0.410 e. The maximum atomic E-state index is 11.7. The predicted octanol–water partition coefficient (Wildman–Crippen LogP) is 1.73. The van der Waals surface area contributed by atoms with Crippen molar-refractivity contribution in [3.63, 3.8) is 0 Å². The zero-order valence-corrected chi connectivity index (χ0v) is 10.6. The first-order valence-electron chi connectivity index (χ1n) is 5.66. The first-order valence-corrected chi connectivity index (χ1v) is 5.66. The Balaban J connectivity index is 2.57. The number of carbonyl (C=O) groups is 2. The van der Waals surface area contributed by atoms with Crippen LogP contribution in [0.15, 0.2) is 30.3 Å². The Labute approximate surface area is 111 Å². The molecule has 0 aliphatic carbocycles. The monoisotopic (exact) mass is 261 g/mol. The van der Waals surface area contributed by atoms with Crippen LogP contribution < -0.4 is 0 Å². The summed E-state index contributed by atoms with van der Waals surface area (Å²) in [6, 6.07) is 8.04. The van der Waals surface area contributed by atoms with Crippen molar-refractivity contribution in [1.29, 1.82) is 0 Å². The van der Waals surface area contributed by atoms with Gasteiger partial charge in [-0.2, -0.15) is 0 Å². The summed E-state index contributed by atoms with van der Waals surface area (Å²) < 4.78 is 5.02. The van der Waals surface area contributed by atoms with E-state index in [4.69, 9.17) is 16.3 Å². The minimum atomic E-state index is -1.16. The molecular weight excluding hydrogens is 246 g/mol. The number of nitrogens with zero attached hydrogens (tertiary/aromatic N) is 1. The average molecular weight is 261 g/mol. The molecule has 0 aliphatic heterocycles. The van der Waals surface area contributed by atoms with E-state index in [1.54, 1.807) is 0 Å². The van der Waals surface area contributed by atoms with Crippen LogP contribution in [0, 0.1) is 12.3 Å². The summed E-state index contributed by atoms with van der Waals surface area (Å²) in [6.45, 7) is 0.0897. The number of hydrogen-bond acceptors (Lipinski definition) is 3.